The van der Waals surface area contributed by atoms with Gasteiger partial charge in [-0.2, -0.15) is 0 Å². The molecule has 2 bridgehead atoms. The highest BCUT2D eigenvalue weighted by molar-refractivity contribution is 5.97. The zero-order valence-corrected chi connectivity index (χ0v) is 34.6. The van der Waals surface area contributed by atoms with E-state index < -0.39 is 106 Å². The fourth-order valence-electron chi connectivity index (χ4n) is 10.5. The number of hydrogen-bond donors (Lipinski definition) is 2. The van der Waals surface area contributed by atoms with Crippen LogP contribution < -0.4 is 5.32 Å². The number of fused-ring (bicyclic) bond motifs is 4. The van der Waals surface area contributed by atoms with Crippen molar-refractivity contribution >= 4 is 35.8 Å². The number of hydrogen-bond acceptors (Lipinski definition) is 13. The standard InChI is InChI=1S/C45H53NO13/c1-23-30(56-40(52)34(49)33(26-15-11-9-12-16-26)46-41(53)59-42(4,5)6)20-29-35(57-39(51)27-17-13-10-14-18-27)37-44(38(50)36(55-24(2)47)32(23)43(29,7)8)21-28(44)19-31-45(37,22-54-31)58-25(3)48/h9-18,28-31,33-37,49H,19-22H2,1-8H3,(H,46,53)/t28-,29?,30+,31-,33+,34-,35-,36-,37+,44-,45+/m1/s1. The minimum Gasteiger partial charge on any atom is -0.458 e. The first-order valence-corrected chi connectivity index (χ1v) is 20.1. The van der Waals surface area contributed by atoms with Gasteiger partial charge in [0.2, 0.25) is 0 Å². The number of rotatable bonds is 9. The molecule has 4 aliphatic carbocycles. The van der Waals surface area contributed by atoms with E-state index in [1.165, 1.54) is 13.8 Å². The molecule has 7 rings (SSSR count). The van der Waals surface area contributed by atoms with Gasteiger partial charge in [-0.15, -0.1) is 0 Å². The molecule has 59 heavy (non-hydrogen) atoms. The third-order valence-corrected chi connectivity index (χ3v) is 13.0. The second-order valence-electron chi connectivity index (χ2n) is 18.2. The molecule has 3 saturated carbocycles. The van der Waals surface area contributed by atoms with Crippen LogP contribution in [0, 0.1) is 28.6 Å². The summed E-state index contributed by atoms with van der Waals surface area (Å²) >= 11 is 0. The average Bonchev–Trinajstić information content (AvgIpc) is 3.89. The summed E-state index contributed by atoms with van der Waals surface area (Å²) in [4.78, 5) is 82.7. The largest absolute Gasteiger partial charge is 0.458 e. The van der Waals surface area contributed by atoms with Crippen LogP contribution in [0.1, 0.15) is 96.6 Å². The van der Waals surface area contributed by atoms with E-state index in [-0.39, 0.29) is 24.5 Å². The molecule has 14 nitrogen and oxygen atoms in total. The number of aliphatic hydroxyl groups is 1. The van der Waals surface area contributed by atoms with Gasteiger partial charge < -0.3 is 38.8 Å². The first-order chi connectivity index (χ1) is 27.7. The number of aliphatic hydroxyl groups excluding tert-OH is 1. The molecule has 1 saturated heterocycles. The van der Waals surface area contributed by atoms with Crippen molar-refractivity contribution < 1.29 is 62.3 Å². The first kappa shape index (κ1) is 42.1. The second-order valence-corrected chi connectivity index (χ2v) is 18.2. The molecule has 11 atom stereocenters. The van der Waals surface area contributed by atoms with Crippen molar-refractivity contribution in [1.29, 1.82) is 0 Å². The van der Waals surface area contributed by atoms with E-state index in [1.54, 1.807) is 88.4 Å². The van der Waals surface area contributed by atoms with Crippen LogP contribution in [0.3, 0.4) is 0 Å². The zero-order chi connectivity index (χ0) is 42.8. The normalized spacial score (nSPS) is 32.4. The van der Waals surface area contributed by atoms with Gasteiger partial charge in [0.15, 0.2) is 23.6 Å². The quantitative estimate of drug-likeness (QED) is 0.187. The van der Waals surface area contributed by atoms with Gasteiger partial charge in [-0.3, -0.25) is 14.4 Å². The van der Waals surface area contributed by atoms with E-state index >= 15 is 4.79 Å². The zero-order valence-electron chi connectivity index (χ0n) is 34.6. The highest BCUT2D eigenvalue weighted by Crippen LogP contribution is 2.74. The maximum Gasteiger partial charge on any atom is 0.408 e. The molecule has 316 valence electrons. The monoisotopic (exact) mass is 815 g/mol. The minimum atomic E-state index is -1.94. The van der Waals surface area contributed by atoms with Crippen LogP contribution in [0.15, 0.2) is 71.8 Å². The number of Topliss-reactive ketones (excluding diaryl/α,β-unsaturated/α-hetero) is 1. The number of benzene rings is 2. The summed E-state index contributed by atoms with van der Waals surface area (Å²) in [6, 6.07) is 15.5. The Labute approximate surface area is 343 Å². The van der Waals surface area contributed by atoms with E-state index in [0.717, 1.165) is 0 Å². The summed E-state index contributed by atoms with van der Waals surface area (Å²) in [5.74, 6) is -5.40. The molecule has 1 heterocycles. The maximum atomic E-state index is 15.4. The smallest absolute Gasteiger partial charge is 0.408 e. The van der Waals surface area contributed by atoms with E-state index in [4.69, 9.17) is 28.4 Å². The van der Waals surface area contributed by atoms with Crippen LogP contribution >= 0.6 is 0 Å². The number of nitrogens with one attached hydrogen (secondary N) is 1. The Balaban J connectivity index is 1.34. The Kier molecular flexibility index (Phi) is 10.8. The molecule has 2 aromatic rings. The van der Waals surface area contributed by atoms with Gasteiger partial charge in [-0.1, -0.05) is 62.4 Å². The SMILES string of the molecule is CC(=O)O[C@H]1C(=O)[C@]23C[C@H]2C[C@H]2OC[C@@]2(OC(C)=O)[C@H]3[C@H](OC(=O)c2ccccc2)C2C[C@H](OC(=O)[C@H](O)[C@@H](NC(=O)OC(C)(C)C)c3ccccc3)C(C)=C1C2(C)C. The Morgan fingerprint density at radius 3 is 2.12 bits per heavy atom. The van der Waals surface area contributed by atoms with Crippen LogP contribution in [0.2, 0.25) is 0 Å². The molecular weight excluding hydrogens is 762 g/mol. The molecule has 5 aliphatic rings. The third kappa shape index (κ3) is 7.43. The number of esters is 4. The van der Waals surface area contributed by atoms with Crippen molar-refractivity contribution in [3.05, 3.63) is 82.9 Å². The Hall–Kier alpha value is -5.08. The number of alkyl carbamates (subject to hydrolysis) is 1. The van der Waals surface area contributed by atoms with Crippen LogP contribution in [-0.2, 0) is 47.6 Å². The maximum absolute atomic E-state index is 15.4. The lowest BCUT2D eigenvalue weighted by atomic mass is 9.50. The molecule has 14 heteroatoms. The van der Waals surface area contributed by atoms with Crippen LogP contribution in [-0.4, -0.2) is 89.2 Å². The van der Waals surface area contributed by atoms with E-state index in [0.29, 0.717) is 29.6 Å². The van der Waals surface area contributed by atoms with Gasteiger partial charge in [0.1, 0.15) is 23.9 Å². The highest BCUT2D eigenvalue weighted by atomic mass is 16.6. The van der Waals surface area contributed by atoms with Crippen molar-refractivity contribution in [1.82, 2.24) is 5.32 Å². The molecule has 2 aromatic carbocycles. The summed E-state index contributed by atoms with van der Waals surface area (Å²) in [5.41, 5.74) is -3.04. The van der Waals surface area contributed by atoms with Crippen LogP contribution in [0.4, 0.5) is 4.79 Å². The molecule has 4 fully saturated rings. The molecule has 0 aromatic heterocycles. The van der Waals surface area contributed by atoms with Gasteiger partial charge in [-0.25, -0.2) is 14.4 Å². The topological polar surface area (TPSA) is 190 Å². The lowest BCUT2D eigenvalue weighted by molar-refractivity contribution is -0.311. The molecule has 1 spiro atoms. The Bertz CT molecular complexity index is 2060. The first-order valence-electron chi connectivity index (χ1n) is 20.1. The lowest BCUT2D eigenvalue weighted by Crippen LogP contribution is -2.74. The minimum absolute atomic E-state index is 0.0307. The van der Waals surface area contributed by atoms with Crippen LogP contribution in [0.25, 0.3) is 0 Å². The summed E-state index contributed by atoms with van der Waals surface area (Å²) in [5, 5.41) is 14.3. The van der Waals surface area contributed by atoms with Gasteiger partial charge >= 0.3 is 30.0 Å². The Morgan fingerprint density at radius 1 is 0.898 bits per heavy atom. The summed E-state index contributed by atoms with van der Waals surface area (Å²) < 4.78 is 36.5. The molecular formula is C45H53NO13. The molecule has 1 aliphatic heterocycles. The lowest BCUT2D eigenvalue weighted by Gasteiger charge is -2.62. The van der Waals surface area contributed by atoms with E-state index in [9.17, 15) is 29.1 Å². The number of carbonyl (C=O) groups is 6. The van der Waals surface area contributed by atoms with Crippen LogP contribution in [0.5, 0.6) is 0 Å². The molecule has 0 radical (unpaired) electrons. The van der Waals surface area contributed by atoms with Gasteiger partial charge in [-0.05, 0) is 87.1 Å². The third-order valence-electron chi connectivity index (χ3n) is 13.0. The Morgan fingerprint density at radius 2 is 1.54 bits per heavy atom. The highest BCUT2D eigenvalue weighted by Gasteiger charge is 2.82. The second kappa shape index (κ2) is 15.2. The predicted molar refractivity (Wildman–Crippen MR) is 208 cm³/mol. The summed E-state index contributed by atoms with van der Waals surface area (Å²) in [6.45, 7) is 12.9. The number of amides is 1. The number of carbonyl (C=O) groups excluding carboxylic acids is 6. The van der Waals surface area contributed by atoms with Crippen molar-refractivity contribution in [2.75, 3.05) is 6.61 Å². The fraction of sp³-hybridized carbons (Fsp3) is 0.556. The van der Waals surface area contributed by atoms with E-state index in [2.05, 4.69) is 5.32 Å². The fourth-order valence-corrected chi connectivity index (χ4v) is 10.5. The number of ketones is 1. The summed E-state index contributed by atoms with van der Waals surface area (Å²) in [7, 11) is 0. The molecule has 1 amide bonds. The van der Waals surface area contributed by atoms with Crippen molar-refractivity contribution in [2.24, 2.45) is 28.6 Å². The van der Waals surface area contributed by atoms with E-state index in [1.807, 2.05) is 13.8 Å². The molecule has 2 N–H and O–H groups in total. The van der Waals surface area contributed by atoms with Gasteiger partial charge in [0, 0.05) is 25.2 Å². The predicted octanol–water partition coefficient (Wildman–Crippen LogP) is 5.35. The number of ether oxygens (including phenoxy) is 6. The van der Waals surface area contributed by atoms with Crippen molar-refractivity contribution in [2.45, 2.75) is 122 Å². The molecule has 1 unspecified atom stereocenters. The summed E-state index contributed by atoms with van der Waals surface area (Å²) in [6.07, 6.45) is -6.27. The van der Waals surface area contributed by atoms with Gasteiger partial charge in [0.05, 0.1) is 24.1 Å². The average molecular weight is 816 g/mol. The van der Waals surface area contributed by atoms with Crippen molar-refractivity contribution in [3.63, 3.8) is 0 Å². The van der Waals surface area contributed by atoms with Gasteiger partial charge in [0.25, 0.3) is 0 Å². The van der Waals surface area contributed by atoms with Crippen molar-refractivity contribution in [3.8, 4) is 0 Å².